The van der Waals surface area contributed by atoms with Crippen LogP contribution in [-0.2, 0) is 10.0 Å². The first kappa shape index (κ1) is 16.9. The van der Waals surface area contributed by atoms with Crippen LogP contribution in [0, 0.1) is 6.92 Å². The van der Waals surface area contributed by atoms with E-state index in [-0.39, 0.29) is 4.90 Å². The van der Waals surface area contributed by atoms with Gasteiger partial charge in [-0.3, -0.25) is 4.72 Å². The van der Waals surface area contributed by atoms with Gasteiger partial charge in [0.2, 0.25) is 0 Å². The van der Waals surface area contributed by atoms with Crippen LogP contribution in [0.3, 0.4) is 0 Å². The van der Waals surface area contributed by atoms with Crippen LogP contribution in [0.1, 0.15) is 5.56 Å². The lowest BCUT2D eigenvalue weighted by Crippen LogP contribution is -2.13. The molecule has 0 radical (unpaired) electrons. The highest BCUT2D eigenvalue weighted by molar-refractivity contribution is 7.92. The first-order valence-corrected chi connectivity index (χ1v) is 9.18. The van der Waals surface area contributed by atoms with E-state index in [9.17, 15) is 8.42 Å². The fourth-order valence-corrected chi connectivity index (χ4v) is 3.58. The number of hydrogen-bond donors (Lipinski definition) is 1. The Morgan fingerprint density at radius 1 is 0.720 bits per heavy atom. The maximum Gasteiger partial charge on any atom is 0.262 e. The van der Waals surface area contributed by atoms with Gasteiger partial charge in [0.05, 0.1) is 16.3 Å². The van der Waals surface area contributed by atoms with E-state index in [2.05, 4.69) is 15.0 Å². The summed E-state index contributed by atoms with van der Waals surface area (Å²) in [5.74, 6) is 0. The summed E-state index contributed by atoms with van der Waals surface area (Å²) < 4.78 is 27.5. The molecule has 0 heterocycles. The van der Waals surface area contributed by atoms with E-state index in [1.807, 2.05) is 30.3 Å². The number of anilines is 1. The van der Waals surface area contributed by atoms with Gasteiger partial charge in [0, 0.05) is 5.69 Å². The molecule has 25 heavy (non-hydrogen) atoms. The fourth-order valence-electron chi connectivity index (χ4n) is 2.27. The highest BCUT2D eigenvalue weighted by Crippen LogP contribution is 2.23. The summed E-state index contributed by atoms with van der Waals surface area (Å²) in [4.78, 5) is 0.267. The number of sulfonamides is 1. The Morgan fingerprint density at radius 3 is 1.92 bits per heavy atom. The van der Waals surface area contributed by atoms with Crippen molar-refractivity contribution in [2.24, 2.45) is 10.2 Å². The summed E-state index contributed by atoms with van der Waals surface area (Å²) in [7, 11) is -3.62. The average molecular weight is 351 g/mol. The summed E-state index contributed by atoms with van der Waals surface area (Å²) in [5.41, 5.74) is 2.57. The Balaban J connectivity index is 1.75. The molecule has 0 spiro atoms. The molecular formula is C19H17N3O2S. The van der Waals surface area contributed by atoms with Gasteiger partial charge in [-0.25, -0.2) is 8.42 Å². The molecule has 0 aromatic heterocycles. The van der Waals surface area contributed by atoms with Crippen LogP contribution in [0.5, 0.6) is 0 Å². The molecule has 0 saturated heterocycles. The number of rotatable bonds is 5. The van der Waals surface area contributed by atoms with E-state index in [1.54, 1.807) is 55.5 Å². The molecule has 0 atom stereocenters. The Morgan fingerprint density at radius 2 is 1.28 bits per heavy atom. The third kappa shape index (κ3) is 4.30. The maximum absolute atomic E-state index is 12.5. The molecule has 0 unspecified atom stereocenters. The van der Waals surface area contributed by atoms with Gasteiger partial charge in [0.15, 0.2) is 0 Å². The van der Waals surface area contributed by atoms with Gasteiger partial charge < -0.3 is 0 Å². The number of nitrogens with one attached hydrogen (secondary N) is 1. The number of hydrogen-bond acceptors (Lipinski definition) is 4. The van der Waals surface area contributed by atoms with Gasteiger partial charge in [-0.15, -0.1) is 0 Å². The topological polar surface area (TPSA) is 70.9 Å². The van der Waals surface area contributed by atoms with E-state index < -0.39 is 10.0 Å². The fraction of sp³-hybridized carbons (Fsp3) is 0.0526. The van der Waals surface area contributed by atoms with E-state index in [1.165, 1.54) is 0 Å². The molecule has 0 amide bonds. The van der Waals surface area contributed by atoms with Crippen LogP contribution in [0.2, 0.25) is 0 Å². The lowest BCUT2D eigenvalue weighted by molar-refractivity contribution is 0.600. The normalized spacial score (nSPS) is 11.6. The molecule has 126 valence electrons. The predicted molar refractivity (Wildman–Crippen MR) is 99.0 cm³/mol. The molecule has 0 fully saturated rings. The van der Waals surface area contributed by atoms with Gasteiger partial charge in [-0.05, 0) is 55.0 Å². The van der Waals surface area contributed by atoms with E-state index in [0.29, 0.717) is 16.9 Å². The lowest BCUT2D eigenvalue weighted by atomic mass is 10.2. The number of azo groups is 1. The zero-order chi connectivity index (χ0) is 17.7. The van der Waals surface area contributed by atoms with Gasteiger partial charge >= 0.3 is 0 Å². The second kappa shape index (κ2) is 7.27. The Bertz CT molecular complexity index is 983. The standard InChI is InChI=1S/C19H17N3O2S/c1-15-7-5-6-10-19(15)25(23,24)22-18-13-11-17(12-14-18)21-20-16-8-3-2-4-9-16/h2-14,22H,1H3. The monoisotopic (exact) mass is 351 g/mol. The van der Waals surface area contributed by atoms with E-state index in [0.717, 1.165) is 5.69 Å². The van der Waals surface area contributed by atoms with Crippen molar-refractivity contribution in [3.8, 4) is 0 Å². The van der Waals surface area contributed by atoms with Gasteiger partial charge in [0.1, 0.15) is 0 Å². The average Bonchev–Trinajstić information content (AvgIpc) is 2.62. The van der Waals surface area contributed by atoms with Gasteiger partial charge in [-0.2, -0.15) is 10.2 Å². The van der Waals surface area contributed by atoms with Crippen molar-refractivity contribution in [2.75, 3.05) is 4.72 Å². The van der Waals surface area contributed by atoms with Crippen LogP contribution in [0.15, 0.2) is 94.0 Å². The summed E-state index contributed by atoms with van der Waals surface area (Å²) in [5, 5.41) is 8.26. The van der Waals surface area contributed by atoms with Crippen LogP contribution in [-0.4, -0.2) is 8.42 Å². The van der Waals surface area contributed by atoms with Crippen LogP contribution in [0.4, 0.5) is 17.1 Å². The second-order valence-corrected chi connectivity index (χ2v) is 7.10. The van der Waals surface area contributed by atoms with Crippen molar-refractivity contribution in [3.63, 3.8) is 0 Å². The molecule has 6 heteroatoms. The Hall–Kier alpha value is -2.99. The molecule has 0 bridgehead atoms. The van der Waals surface area contributed by atoms with Gasteiger partial charge in [0.25, 0.3) is 10.0 Å². The van der Waals surface area contributed by atoms with Crippen molar-refractivity contribution in [1.29, 1.82) is 0 Å². The minimum atomic E-state index is -3.62. The number of nitrogens with zero attached hydrogens (tertiary/aromatic N) is 2. The van der Waals surface area contributed by atoms with Crippen LogP contribution >= 0.6 is 0 Å². The molecular weight excluding hydrogens is 334 g/mol. The zero-order valence-corrected chi connectivity index (χ0v) is 14.4. The predicted octanol–water partition coefficient (Wildman–Crippen LogP) is 5.21. The number of benzene rings is 3. The highest BCUT2D eigenvalue weighted by Gasteiger charge is 2.16. The van der Waals surface area contributed by atoms with E-state index in [4.69, 9.17) is 0 Å². The third-order valence-electron chi connectivity index (χ3n) is 3.54. The smallest absolute Gasteiger partial charge is 0.262 e. The molecule has 0 aliphatic carbocycles. The summed E-state index contributed by atoms with van der Waals surface area (Å²) >= 11 is 0. The van der Waals surface area contributed by atoms with Crippen molar-refractivity contribution >= 4 is 27.1 Å². The van der Waals surface area contributed by atoms with Crippen molar-refractivity contribution in [2.45, 2.75) is 11.8 Å². The number of aryl methyl sites for hydroxylation is 1. The van der Waals surface area contributed by atoms with Crippen molar-refractivity contribution in [3.05, 3.63) is 84.4 Å². The largest absolute Gasteiger partial charge is 0.280 e. The summed E-state index contributed by atoms with van der Waals surface area (Å²) in [6.45, 7) is 1.77. The molecule has 3 aromatic carbocycles. The van der Waals surface area contributed by atoms with Crippen LogP contribution < -0.4 is 4.72 Å². The van der Waals surface area contributed by atoms with Crippen molar-refractivity contribution in [1.82, 2.24) is 0 Å². The lowest BCUT2D eigenvalue weighted by Gasteiger charge is -2.10. The molecule has 1 N–H and O–H groups in total. The first-order chi connectivity index (χ1) is 12.0. The molecule has 5 nitrogen and oxygen atoms in total. The summed E-state index contributed by atoms with van der Waals surface area (Å²) in [6.07, 6.45) is 0. The van der Waals surface area contributed by atoms with Crippen molar-refractivity contribution < 1.29 is 8.42 Å². The Labute approximate surface area is 147 Å². The minimum Gasteiger partial charge on any atom is -0.280 e. The van der Waals surface area contributed by atoms with E-state index >= 15 is 0 Å². The third-order valence-corrected chi connectivity index (χ3v) is 5.08. The Kier molecular flexibility index (Phi) is 4.90. The molecule has 0 aliphatic rings. The molecule has 3 aromatic rings. The first-order valence-electron chi connectivity index (χ1n) is 7.70. The maximum atomic E-state index is 12.5. The van der Waals surface area contributed by atoms with Crippen LogP contribution in [0.25, 0.3) is 0 Å². The molecule has 0 aliphatic heterocycles. The zero-order valence-electron chi connectivity index (χ0n) is 13.6. The SMILES string of the molecule is Cc1ccccc1S(=O)(=O)Nc1ccc(N=Nc2ccccc2)cc1. The quantitative estimate of drug-likeness (QED) is 0.641. The second-order valence-electron chi connectivity index (χ2n) is 5.45. The highest BCUT2D eigenvalue weighted by atomic mass is 32.2. The molecule has 3 rings (SSSR count). The minimum absolute atomic E-state index is 0.267. The van der Waals surface area contributed by atoms with Gasteiger partial charge in [-0.1, -0.05) is 36.4 Å². The molecule has 0 saturated carbocycles. The summed E-state index contributed by atoms with van der Waals surface area (Å²) in [6, 6.07) is 23.0.